The Kier molecular flexibility index (Phi) is 2.03. The molecule has 0 unspecified atom stereocenters. The normalized spacial score (nSPS) is 13.1. The second-order valence-electron chi connectivity index (χ2n) is 4.66. The maximum atomic E-state index is 12.1. The van der Waals surface area contributed by atoms with Crippen molar-refractivity contribution in [1.29, 1.82) is 0 Å². The van der Waals surface area contributed by atoms with Gasteiger partial charge in [-0.1, -0.05) is 30.4 Å². The third-order valence-corrected chi connectivity index (χ3v) is 3.55. The van der Waals surface area contributed by atoms with Crippen molar-refractivity contribution in [3.8, 4) is 11.3 Å². The minimum Gasteiger partial charge on any atom is -0.464 e. The largest absolute Gasteiger partial charge is 0.464 e. The van der Waals surface area contributed by atoms with Crippen LogP contribution in [0.4, 0.5) is 0 Å². The molecule has 1 N–H and O–H groups in total. The fourth-order valence-electron chi connectivity index (χ4n) is 2.70. The summed E-state index contributed by atoms with van der Waals surface area (Å²) in [4.78, 5) is 15.1. The molecule has 0 amide bonds. The Hall–Kier alpha value is -2.55. The van der Waals surface area contributed by atoms with Gasteiger partial charge in [0.05, 0.1) is 6.26 Å². The van der Waals surface area contributed by atoms with Crippen LogP contribution in [0.5, 0.6) is 0 Å². The van der Waals surface area contributed by atoms with Crippen LogP contribution in [-0.4, -0.2) is 4.98 Å². The van der Waals surface area contributed by atoms with Crippen molar-refractivity contribution in [2.75, 3.05) is 0 Å². The fourth-order valence-corrected chi connectivity index (χ4v) is 2.70. The highest BCUT2D eigenvalue weighted by molar-refractivity contribution is 5.98. The first kappa shape index (κ1) is 10.4. The van der Waals surface area contributed by atoms with E-state index in [1.165, 1.54) is 0 Å². The lowest BCUT2D eigenvalue weighted by Gasteiger charge is -2.09. The maximum absolute atomic E-state index is 12.1. The van der Waals surface area contributed by atoms with E-state index >= 15 is 0 Å². The Balaban J connectivity index is 2.23. The summed E-state index contributed by atoms with van der Waals surface area (Å²) < 4.78 is 5.64. The molecule has 3 nitrogen and oxygen atoms in total. The van der Waals surface area contributed by atoms with Gasteiger partial charge >= 0.3 is 0 Å². The van der Waals surface area contributed by atoms with Crippen LogP contribution in [-0.2, 0) is 6.42 Å². The van der Waals surface area contributed by atoms with Crippen LogP contribution in [0, 0.1) is 0 Å². The van der Waals surface area contributed by atoms with Gasteiger partial charge in [-0.15, -0.1) is 0 Å². The molecule has 19 heavy (non-hydrogen) atoms. The van der Waals surface area contributed by atoms with Gasteiger partial charge in [0.1, 0.15) is 5.76 Å². The number of hydrogen-bond donors (Lipinski definition) is 1. The average molecular weight is 249 g/mol. The number of aromatic amines is 1. The Bertz CT molecular complexity index is 868. The Morgan fingerprint density at radius 3 is 2.84 bits per heavy atom. The van der Waals surface area contributed by atoms with Gasteiger partial charge in [0.2, 0.25) is 0 Å². The number of nitrogens with one attached hydrogen (secondary N) is 1. The van der Waals surface area contributed by atoms with Crippen LogP contribution >= 0.6 is 0 Å². The summed E-state index contributed by atoms with van der Waals surface area (Å²) in [5.41, 5.74) is 2.92. The minimum atomic E-state index is -0.0437. The van der Waals surface area contributed by atoms with Crippen LogP contribution in [0.1, 0.15) is 11.3 Å². The second kappa shape index (κ2) is 3.72. The number of fused-ring (bicyclic) bond motifs is 5. The summed E-state index contributed by atoms with van der Waals surface area (Å²) in [5, 5.41) is 1.65. The third kappa shape index (κ3) is 1.41. The summed E-state index contributed by atoms with van der Waals surface area (Å²) >= 11 is 0. The van der Waals surface area contributed by atoms with Gasteiger partial charge in [-0.05, 0) is 17.5 Å². The summed E-state index contributed by atoms with van der Waals surface area (Å²) in [5.74, 6) is 0.830. The molecule has 1 aromatic carbocycles. The van der Waals surface area contributed by atoms with E-state index in [-0.39, 0.29) is 5.56 Å². The molecular weight excluding hydrogens is 238 g/mol. The smallest absolute Gasteiger partial charge is 0.256 e. The summed E-state index contributed by atoms with van der Waals surface area (Å²) in [6.45, 7) is 0. The van der Waals surface area contributed by atoms with E-state index in [0.717, 1.165) is 28.0 Å². The highest BCUT2D eigenvalue weighted by atomic mass is 16.3. The van der Waals surface area contributed by atoms with Gasteiger partial charge in [0, 0.05) is 28.6 Å². The van der Waals surface area contributed by atoms with Gasteiger partial charge in [-0.25, -0.2) is 0 Å². The zero-order valence-electron chi connectivity index (χ0n) is 10.1. The van der Waals surface area contributed by atoms with Crippen molar-refractivity contribution in [2.24, 2.45) is 0 Å². The van der Waals surface area contributed by atoms with E-state index in [1.54, 1.807) is 6.26 Å². The number of rotatable bonds is 0. The second-order valence-corrected chi connectivity index (χ2v) is 4.66. The highest BCUT2D eigenvalue weighted by Crippen LogP contribution is 2.35. The molecule has 0 saturated heterocycles. The summed E-state index contributed by atoms with van der Waals surface area (Å²) in [6.07, 6.45) is 6.47. The molecule has 0 atom stereocenters. The number of hydrogen-bond acceptors (Lipinski definition) is 2. The van der Waals surface area contributed by atoms with Gasteiger partial charge in [0.15, 0.2) is 0 Å². The van der Waals surface area contributed by atoms with E-state index in [2.05, 4.69) is 4.98 Å². The van der Waals surface area contributed by atoms with Crippen LogP contribution in [0.25, 0.3) is 28.2 Å². The number of furan rings is 1. The SMILES string of the molecule is O=c1[nH]c2c(c3ccccc13)-c1occc1C=CC2. The van der Waals surface area contributed by atoms with E-state index < -0.39 is 0 Å². The molecule has 4 rings (SSSR count). The zero-order chi connectivity index (χ0) is 12.8. The van der Waals surface area contributed by atoms with E-state index in [9.17, 15) is 4.79 Å². The molecule has 1 aliphatic rings. The lowest BCUT2D eigenvalue weighted by Crippen LogP contribution is -2.10. The number of aromatic nitrogens is 1. The van der Waals surface area contributed by atoms with Crippen LogP contribution in [0.3, 0.4) is 0 Å². The zero-order valence-corrected chi connectivity index (χ0v) is 10.1. The number of H-pyrrole nitrogens is 1. The van der Waals surface area contributed by atoms with E-state index in [0.29, 0.717) is 11.8 Å². The molecule has 92 valence electrons. The Labute approximate surface area is 109 Å². The summed E-state index contributed by atoms with van der Waals surface area (Å²) in [6, 6.07) is 9.59. The first-order chi connectivity index (χ1) is 9.34. The third-order valence-electron chi connectivity index (χ3n) is 3.55. The van der Waals surface area contributed by atoms with Crippen molar-refractivity contribution < 1.29 is 4.42 Å². The molecule has 3 aromatic rings. The van der Waals surface area contributed by atoms with Crippen LogP contribution < -0.4 is 5.56 Å². The topological polar surface area (TPSA) is 46.0 Å². The van der Waals surface area contributed by atoms with Crippen LogP contribution in [0.15, 0.2) is 51.9 Å². The molecule has 0 radical (unpaired) electrons. The monoisotopic (exact) mass is 249 g/mol. The molecule has 0 saturated carbocycles. The molecule has 1 aliphatic carbocycles. The Morgan fingerprint density at radius 2 is 1.95 bits per heavy atom. The van der Waals surface area contributed by atoms with Crippen molar-refractivity contribution >= 4 is 16.8 Å². The average Bonchev–Trinajstić information content (AvgIpc) is 2.81. The molecule has 3 heteroatoms. The minimum absolute atomic E-state index is 0.0437. The quantitative estimate of drug-likeness (QED) is 0.664. The van der Waals surface area contributed by atoms with E-state index in [4.69, 9.17) is 4.42 Å². The van der Waals surface area contributed by atoms with Crippen molar-refractivity contribution in [3.63, 3.8) is 0 Å². The first-order valence-corrected chi connectivity index (χ1v) is 6.23. The lowest BCUT2D eigenvalue weighted by atomic mass is 10.0. The number of allylic oxidation sites excluding steroid dienone is 1. The predicted octanol–water partition coefficient (Wildman–Crippen LogP) is 3.36. The molecule has 0 fully saturated rings. The maximum Gasteiger partial charge on any atom is 0.256 e. The molecule has 2 aromatic heterocycles. The molecule has 0 spiro atoms. The van der Waals surface area contributed by atoms with Crippen molar-refractivity contribution in [3.05, 3.63) is 64.3 Å². The first-order valence-electron chi connectivity index (χ1n) is 6.23. The number of benzene rings is 1. The van der Waals surface area contributed by atoms with Gasteiger partial charge in [0.25, 0.3) is 5.56 Å². The molecule has 0 aliphatic heterocycles. The molecule has 2 heterocycles. The summed E-state index contributed by atoms with van der Waals surface area (Å²) in [7, 11) is 0. The fraction of sp³-hybridized carbons (Fsp3) is 0.0625. The van der Waals surface area contributed by atoms with E-state index in [1.807, 2.05) is 42.5 Å². The van der Waals surface area contributed by atoms with Crippen molar-refractivity contribution in [1.82, 2.24) is 4.98 Å². The van der Waals surface area contributed by atoms with Gasteiger partial charge in [-0.3, -0.25) is 4.79 Å². The standard InChI is InChI=1S/C16H11NO2/c18-16-12-6-2-1-5-11(12)14-13(17-16)7-3-4-10-8-9-19-15(10)14/h1-6,8-9H,7H2,(H,17,18). The highest BCUT2D eigenvalue weighted by Gasteiger charge is 2.18. The molecule has 0 bridgehead atoms. The van der Waals surface area contributed by atoms with Crippen LogP contribution in [0.2, 0.25) is 0 Å². The predicted molar refractivity (Wildman–Crippen MR) is 75.0 cm³/mol. The number of pyridine rings is 1. The van der Waals surface area contributed by atoms with Crippen molar-refractivity contribution in [2.45, 2.75) is 6.42 Å². The Morgan fingerprint density at radius 1 is 1.11 bits per heavy atom. The van der Waals surface area contributed by atoms with Gasteiger partial charge < -0.3 is 9.40 Å². The lowest BCUT2D eigenvalue weighted by molar-refractivity contribution is 0.581. The molecular formula is C16H11NO2. The van der Waals surface area contributed by atoms with Gasteiger partial charge in [-0.2, -0.15) is 0 Å².